The van der Waals surface area contributed by atoms with Gasteiger partial charge < -0.3 is 9.84 Å². The Labute approximate surface area is 131 Å². The van der Waals surface area contributed by atoms with Crippen molar-refractivity contribution < 1.29 is 9.84 Å². The maximum Gasteiger partial charge on any atom is 0.160 e. The first-order valence-electron chi connectivity index (χ1n) is 8.76. The summed E-state index contributed by atoms with van der Waals surface area (Å²) in [6, 6.07) is 0. The van der Waals surface area contributed by atoms with E-state index in [2.05, 4.69) is 48.5 Å². The molecule has 4 atom stereocenters. The lowest BCUT2D eigenvalue weighted by Crippen LogP contribution is -2.50. The SMILES string of the molecule is CC(C)(C)C(C)(C)C(C)(C)C(O)OCC1CC2CCC1C2. The van der Waals surface area contributed by atoms with E-state index >= 15 is 0 Å². The fourth-order valence-corrected chi connectivity index (χ4v) is 4.28. The average molecular weight is 296 g/mol. The Balaban J connectivity index is 1.94. The fourth-order valence-electron chi connectivity index (χ4n) is 4.28. The van der Waals surface area contributed by atoms with E-state index in [1.807, 2.05) is 0 Å². The van der Waals surface area contributed by atoms with E-state index in [0.29, 0.717) is 5.92 Å². The van der Waals surface area contributed by atoms with Crippen LogP contribution in [0.4, 0.5) is 0 Å². The van der Waals surface area contributed by atoms with E-state index in [1.54, 1.807) is 0 Å². The number of rotatable bonds is 5. The second-order valence-corrected chi connectivity index (χ2v) is 9.72. The summed E-state index contributed by atoms with van der Waals surface area (Å²) in [6.07, 6.45) is 4.84. The summed E-state index contributed by atoms with van der Waals surface area (Å²) in [5.41, 5.74) is -0.176. The monoisotopic (exact) mass is 296 g/mol. The maximum absolute atomic E-state index is 10.7. The molecule has 2 nitrogen and oxygen atoms in total. The van der Waals surface area contributed by atoms with Crippen molar-refractivity contribution in [3.8, 4) is 0 Å². The van der Waals surface area contributed by atoms with Gasteiger partial charge in [-0.05, 0) is 47.8 Å². The van der Waals surface area contributed by atoms with Crippen molar-refractivity contribution >= 4 is 0 Å². The van der Waals surface area contributed by atoms with Gasteiger partial charge in [0.15, 0.2) is 6.29 Å². The molecule has 2 aliphatic carbocycles. The van der Waals surface area contributed by atoms with Crippen LogP contribution < -0.4 is 0 Å². The molecule has 2 rings (SSSR count). The number of hydrogen-bond donors (Lipinski definition) is 1. The van der Waals surface area contributed by atoms with E-state index in [0.717, 1.165) is 18.4 Å². The molecule has 2 heteroatoms. The van der Waals surface area contributed by atoms with Crippen molar-refractivity contribution in [2.75, 3.05) is 6.61 Å². The minimum atomic E-state index is -0.689. The van der Waals surface area contributed by atoms with Gasteiger partial charge in [-0.1, -0.05) is 54.9 Å². The predicted octanol–water partition coefficient (Wildman–Crippen LogP) is 4.86. The van der Waals surface area contributed by atoms with Crippen LogP contribution in [0.15, 0.2) is 0 Å². The highest BCUT2D eigenvalue weighted by Crippen LogP contribution is 2.53. The molecule has 0 aliphatic heterocycles. The molecule has 0 spiro atoms. The molecule has 2 saturated carbocycles. The Bertz CT molecular complexity index is 364. The van der Waals surface area contributed by atoms with Crippen LogP contribution in [0.25, 0.3) is 0 Å². The molecule has 2 bridgehead atoms. The van der Waals surface area contributed by atoms with Gasteiger partial charge >= 0.3 is 0 Å². The maximum atomic E-state index is 10.7. The van der Waals surface area contributed by atoms with E-state index in [9.17, 15) is 5.11 Å². The predicted molar refractivity (Wildman–Crippen MR) is 87.9 cm³/mol. The van der Waals surface area contributed by atoms with Crippen molar-refractivity contribution in [1.29, 1.82) is 0 Å². The lowest BCUT2D eigenvalue weighted by atomic mass is 9.55. The zero-order chi connectivity index (χ0) is 16.1. The highest BCUT2D eigenvalue weighted by atomic mass is 16.6. The standard InChI is InChI=1S/C19H36O2/c1-17(2,3)19(6,7)18(4,5)16(20)21-12-15-11-13-8-9-14(15)10-13/h13-16,20H,8-12H2,1-7H3. The largest absolute Gasteiger partial charge is 0.367 e. The molecule has 0 amide bonds. The topological polar surface area (TPSA) is 29.5 Å². The number of aliphatic hydroxyl groups is 1. The van der Waals surface area contributed by atoms with Crippen LogP contribution in [0.5, 0.6) is 0 Å². The first-order valence-corrected chi connectivity index (χ1v) is 8.76. The molecular weight excluding hydrogens is 260 g/mol. The molecule has 2 fully saturated rings. The molecule has 0 saturated heterocycles. The summed E-state index contributed by atoms with van der Waals surface area (Å²) in [5.74, 6) is 2.49. The quantitative estimate of drug-likeness (QED) is 0.734. The van der Waals surface area contributed by atoms with Crippen LogP contribution in [0.1, 0.15) is 74.1 Å². The van der Waals surface area contributed by atoms with Gasteiger partial charge in [0.1, 0.15) is 0 Å². The highest BCUT2D eigenvalue weighted by Gasteiger charge is 2.50. The molecule has 2 aliphatic rings. The molecule has 0 aromatic heterocycles. The number of fused-ring (bicyclic) bond motifs is 2. The van der Waals surface area contributed by atoms with Gasteiger partial charge in [0.2, 0.25) is 0 Å². The Hall–Kier alpha value is -0.0800. The van der Waals surface area contributed by atoms with Crippen LogP contribution in [0.2, 0.25) is 0 Å². The molecule has 0 aromatic carbocycles. The first kappa shape index (κ1) is 17.3. The van der Waals surface area contributed by atoms with Gasteiger partial charge in [0, 0.05) is 5.41 Å². The Morgan fingerprint density at radius 2 is 1.62 bits per heavy atom. The lowest BCUT2D eigenvalue weighted by Gasteiger charge is -2.52. The third-order valence-electron chi connectivity index (χ3n) is 7.46. The van der Waals surface area contributed by atoms with Gasteiger partial charge in [-0.2, -0.15) is 0 Å². The average Bonchev–Trinajstić information content (AvgIpc) is 2.96. The normalized spacial score (nSPS) is 31.7. The second-order valence-electron chi connectivity index (χ2n) is 9.72. The summed E-state index contributed by atoms with van der Waals surface area (Å²) in [6.45, 7) is 16.3. The zero-order valence-electron chi connectivity index (χ0n) is 15.2. The van der Waals surface area contributed by atoms with E-state index in [-0.39, 0.29) is 16.2 Å². The Morgan fingerprint density at radius 1 is 1.00 bits per heavy atom. The van der Waals surface area contributed by atoms with Crippen LogP contribution in [0.3, 0.4) is 0 Å². The molecule has 21 heavy (non-hydrogen) atoms. The smallest absolute Gasteiger partial charge is 0.160 e. The molecule has 124 valence electrons. The summed E-state index contributed by atoms with van der Waals surface area (Å²) < 4.78 is 5.98. The molecule has 0 heterocycles. The van der Waals surface area contributed by atoms with Gasteiger partial charge in [0.05, 0.1) is 6.61 Å². The van der Waals surface area contributed by atoms with Gasteiger partial charge in [-0.15, -0.1) is 0 Å². The second kappa shape index (κ2) is 5.53. The number of aliphatic hydroxyl groups excluding tert-OH is 1. The minimum Gasteiger partial charge on any atom is -0.367 e. The Morgan fingerprint density at radius 3 is 2.05 bits per heavy atom. The summed E-state index contributed by atoms with van der Waals surface area (Å²) in [5, 5.41) is 10.7. The van der Waals surface area contributed by atoms with Crippen molar-refractivity contribution in [2.45, 2.75) is 80.4 Å². The van der Waals surface area contributed by atoms with Gasteiger partial charge in [0.25, 0.3) is 0 Å². The first-order chi connectivity index (χ1) is 9.47. The third kappa shape index (κ3) is 3.03. The van der Waals surface area contributed by atoms with E-state index in [4.69, 9.17) is 4.74 Å². The minimum absolute atomic E-state index is 0.0197. The van der Waals surface area contributed by atoms with Crippen molar-refractivity contribution in [3.63, 3.8) is 0 Å². The van der Waals surface area contributed by atoms with Crippen LogP contribution in [-0.4, -0.2) is 18.0 Å². The molecular formula is C19H36O2. The fraction of sp³-hybridized carbons (Fsp3) is 1.00. The summed E-state index contributed by atoms with van der Waals surface area (Å²) in [7, 11) is 0. The zero-order valence-corrected chi connectivity index (χ0v) is 15.2. The van der Waals surface area contributed by atoms with E-state index in [1.165, 1.54) is 25.7 Å². The molecule has 0 aromatic rings. The summed E-state index contributed by atoms with van der Waals surface area (Å²) in [4.78, 5) is 0. The van der Waals surface area contributed by atoms with Crippen molar-refractivity contribution in [3.05, 3.63) is 0 Å². The van der Waals surface area contributed by atoms with Gasteiger partial charge in [-0.3, -0.25) is 0 Å². The van der Waals surface area contributed by atoms with Crippen molar-refractivity contribution in [1.82, 2.24) is 0 Å². The molecule has 0 radical (unpaired) electrons. The van der Waals surface area contributed by atoms with E-state index < -0.39 is 6.29 Å². The van der Waals surface area contributed by atoms with Crippen molar-refractivity contribution in [2.24, 2.45) is 34.0 Å². The van der Waals surface area contributed by atoms with Gasteiger partial charge in [-0.25, -0.2) is 0 Å². The Kier molecular flexibility index (Phi) is 4.55. The number of hydrogen-bond acceptors (Lipinski definition) is 2. The lowest BCUT2D eigenvalue weighted by molar-refractivity contribution is -0.222. The van der Waals surface area contributed by atoms with Crippen LogP contribution in [0, 0.1) is 34.0 Å². The summed E-state index contributed by atoms with van der Waals surface area (Å²) >= 11 is 0. The van der Waals surface area contributed by atoms with Crippen LogP contribution >= 0.6 is 0 Å². The number of ether oxygens (including phenoxy) is 1. The van der Waals surface area contributed by atoms with Crippen LogP contribution in [-0.2, 0) is 4.74 Å². The molecule has 4 unspecified atom stereocenters. The highest BCUT2D eigenvalue weighted by molar-refractivity contribution is 4.96. The molecule has 1 N–H and O–H groups in total. The third-order valence-corrected chi connectivity index (χ3v) is 7.46.